The van der Waals surface area contributed by atoms with E-state index in [1.54, 1.807) is 0 Å². The number of rotatable bonds is 17. The monoisotopic (exact) mass is 308 g/mol. The summed E-state index contributed by atoms with van der Waals surface area (Å²) in [5.74, 6) is 0. The van der Waals surface area contributed by atoms with Crippen molar-refractivity contribution < 1.29 is 29.5 Å². The van der Waals surface area contributed by atoms with Crippen LogP contribution in [-0.2, 0) is 14.2 Å². The quantitative estimate of drug-likeness (QED) is 0.343. The van der Waals surface area contributed by atoms with Crippen molar-refractivity contribution >= 4 is 0 Å². The Hall–Kier alpha value is -0.240. The van der Waals surface area contributed by atoms with Gasteiger partial charge in [-0.15, -0.1) is 0 Å². The number of aliphatic hydroxyl groups is 3. The molecule has 1 unspecified atom stereocenters. The van der Waals surface area contributed by atoms with E-state index < -0.39 is 0 Å². The molecule has 0 spiro atoms. The summed E-state index contributed by atoms with van der Waals surface area (Å²) < 4.78 is 16.5. The van der Waals surface area contributed by atoms with Crippen LogP contribution < -0.4 is 0 Å². The summed E-state index contributed by atoms with van der Waals surface area (Å²) in [5, 5.41) is 26.1. The predicted molar refractivity (Wildman–Crippen MR) is 80.3 cm³/mol. The summed E-state index contributed by atoms with van der Waals surface area (Å²) in [7, 11) is 0. The van der Waals surface area contributed by atoms with E-state index in [2.05, 4.69) is 0 Å². The van der Waals surface area contributed by atoms with E-state index in [-0.39, 0.29) is 25.9 Å². The molecule has 0 saturated carbocycles. The Morgan fingerprint density at radius 1 is 0.571 bits per heavy atom. The van der Waals surface area contributed by atoms with Gasteiger partial charge < -0.3 is 29.5 Å². The summed E-state index contributed by atoms with van der Waals surface area (Å²) in [5.41, 5.74) is 0. The zero-order chi connectivity index (χ0) is 15.6. The topological polar surface area (TPSA) is 88.4 Å². The first-order valence-electron chi connectivity index (χ1n) is 7.94. The largest absolute Gasteiger partial charge is 0.396 e. The van der Waals surface area contributed by atoms with Crippen LogP contribution in [0.5, 0.6) is 0 Å². The van der Waals surface area contributed by atoms with E-state index in [1.807, 2.05) is 0 Å². The van der Waals surface area contributed by atoms with Crippen LogP contribution in [-0.4, -0.2) is 74.3 Å². The number of ether oxygens (including phenoxy) is 3. The smallest absolute Gasteiger partial charge is 0.0597 e. The Balaban J connectivity index is 3.64. The third kappa shape index (κ3) is 16.0. The molecule has 0 radical (unpaired) electrons. The molecular formula is C15H32O6. The Kier molecular flexibility index (Phi) is 17.6. The molecule has 128 valence electrons. The molecule has 21 heavy (non-hydrogen) atoms. The SMILES string of the molecule is OCCCOCCCC(CCOCCCO)OCCCO. The molecule has 0 aliphatic rings. The highest BCUT2D eigenvalue weighted by Gasteiger charge is 2.09. The van der Waals surface area contributed by atoms with Crippen molar-refractivity contribution in [2.75, 3.05) is 52.9 Å². The van der Waals surface area contributed by atoms with E-state index in [0.29, 0.717) is 52.3 Å². The molecule has 0 aromatic heterocycles. The lowest BCUT2D eigenvalue weighted by Gasteiger charge is -2.18. The zero-order valence-electron chi connectivity index (χ0n) is 13.0. The molecule has 0 fully saturated rings. The predicted octanol–water partition coefficient (Wildman–Crippen LogP) is 0.722. The van der Waals surface area contributed by atoms with Crippen molar-refractivity contribution in [2.45, 2.75) is 44.6 Å². The number of hydrogen-bond donors (Lipinski definition) is 3. The Labute approximate surface area is 128 Å². The fourth-order valence-corrected chi connectivity index (χ4v) is 1.79. The lowest BCUT2D eigenvalue weighted by Crippen LogP contribution is -2.18. The molecule has 0 aliphatic heterocycles. The third-order valence-electron chi connectivity index (χ3n) is 2.95. The average Bonchev–Trinajstić information content (AvgIpc) is 2.50. The van der Waals surface area contributed by atoms with Gasteiger partial charge in [-0.1, -0.05) is 0 Å². The van der Waals surface area contributed by atoms with Gasteiger partial charge in [-0.2, -0.15) is 0 Å². The molecule has 3 N–H and O–H groups in total. The maximum Gasteiger partial charge on any atom is 0.0597 e. The van der Waals surface area contributed by atoms with Gasteiger partial charge in [0.25, 0.3) is 0 Å². The van der Waals surface area contributed by atoms with Crippen molar-refractivity contribution in [1.29, 1.82) is 0 Å². The van der Waals surface area contributed by atoms with Crippen molar-refractivity contribution in [3.63, 3.8) is 0 Å². The van der Waals surface area contributed by atoms with Crippen LogP contribution in [0.3, 0.4) is 0 Å². The number of aliphatic hydroxyl groups excluding tert-OH is 3. The summed E-state index contributed by atoms with van der Waals surface area (Å²) in [6.45, 7) is 3.48. The maximum absolute atomic E-state index is 8.78. The molecule has 1 atom stereocenters. The minimum atomic E-state index is 0.118. The van der Waals surface area contributed by atoms with Crippen LogP contribution in [0.1, 0.15) is 38.5 Å². The van der Waals surface area contributed by atoms with E-state index in [9.17, 15) is 0 Å². The van der Waals surface area contributed by atoms with Gasteiger partial charge in [0.2, 0.25) is 0 Å². The van der Waals surface area contributed by atoms with E-state index in [1.165, 1.54) is 0 Å². The zero-order valence-corrected chi connectivity index (χ0v) is 13.0. The summed E-state index contributed by atoms with van der Waals surface area (Å²) in [6.07, 6.45) is 4.72. The molecule has 0 bridgehead atoms. The van der Waals surface area contributed by atoms with Crippen LogP contribution in [0.15, 0.2) is 0 Å². The van der Waals surface area contributed by atoms with Crippen molar-refractivity contribution in [3.8, 4) is 0 Å². The van der Waals surface area contributed by atoms with Gasteiger partial charge in [-0.05, 0) is 38.5 Å². The van der Waals surface area contributed by atoms with E-state index in [0.717, 1.165) is 19.3 Å². The fraction of sp³-hybridized carbons (Fsp3) is 1.00. The van der Waals surface area contributed by atoms with Gasteiger partial charge in [0.15, 0.2) is 0 Å². The van der Waals surface area contributed by atoms with Crippen molar-refractivity contribution in [2.24, 2.45) is 0 Å². The molecule has 6 nitrogen and oxygen atoms in total. The molecule has 0 amide bonds. The summed E-state index contributed by atoms with van der Waals surface area (Å²) in [6, 6.07) is 0. The minimum absolute atomic E-state index is 0.118. The highest BCUT2D eigenvalue weighted by molar-refractivity contribution is 4.59. The Bertz CT molecular complexity index is 191. The van der Waals surface area contributed by atoms with Crippen molar-refractivity contribution in [3.05, 3.63) is 0 Å². The second kappa shape index (κ2) is 17.8. The maximum atomic E-state index is 8.78. The first kappa shape index (κ1) is 20.8. The highest BCUT2D eigenvalue weighted by atomic mass is 16.5. The molecule has 6 heteroatoms. The number of hydrogen-bond acceptors (Lipinski definition) is 6. The van der Waals surface area contributed by atoms with Crippen LogP contribution in [0.4, 0.5) is 0 Å². The van der Waals surface area contributed by atoms with Gasteiger partial charge >= 0.3 is 0 Å². The van der Waals surface area contributed by atoms with Gasteiger partial charge in [0.05, 0.1) is 6.10 Å². The molecule has 0 saturated heterocycles. The normalized spacial score (nSPS) is 12.7. The van der Waals surface area contributed by atoms with Crippen LogP contribution in [0.25, 0.3) is 0 Å². The standard InChI is InChI=1S/C15H32O6/c16-7-2-11-19-10-1-5-15(21-13-4-9-18)6-14-20-12-3-8-17/h15-18H,1-14H2. The fourth-order valence-electron chi connectivity index (χ4n) is 1.79. The van der Waals surface area contributed by atoms with Gasteiger partial charge in [-0.3, -0.25) is 0 Å². The third-order valence-corrected chi connectivity index (χ3v) is 2.95. The van der Waals surface area contributed by atoms with Crippen LogP contribution in [0.2, 0.25) is 0 Å². The Morgan fingerprint density at radius 2 is 1.10 bits per heavy atom. The van der Waals surface area contributed by atoms with Gasteiger partial charge in [-0.25, -0.2) is 0 Å². The van der Waals surface area contributed by atoms with E-state index in [4.69, 9.17) is 29.5 Å². The molecular weight excluding hydrogens is 276 g/mol. The molecule has 0 aromatic rings. The van der Waals surface area contributed by atoms with Crippen molar-refractivity contribution in [1.82, 2.24) is 0 Å². The highest BCUT2D eigenvalue weighted by Crippen LogP contribution is 2.09. The lowest BCUT2D eigenvalue weighted by atomic mass is 10.1. The summed E-state index contributed by atoms with van der Waals surface area (Å²) >= 11 is 0. The average molecular weight is 308 g/mol. The Morgan fingerprint density at radius 3 is 1.71 bits per heavy atom. The van der Waals surface area contributed by atoms with Gasteiger partial charge in [0.1, 0.15) is 0 Å². The second-order valence-corrected chi connectivity index (χ2v) is 4.88. The minimum Gasteiger partial charge on any atom is -0.396 e. The first-order valence-corrected chi connectivity index (χ1v) is 7.94. The van der Waals surface area contributed by atoms with Crippen LogP contribution >= 0.6 is 0 Å². The molecule has 0 heterocycles. The molecule has 0 aliphatic carbocycles. The van der Waals surface area contributed by atoms with Crippen LogP contribution in [0, 0.1) is 0 Å². The molecule has 0 rings (SSSR count). The van der Waals surface area contributed by atoms with E-state index >= 15 is 0 Å². The summed E-state index contributed by atoms with van der Waals surface area (Å²) in [4.78, 5) is 0. The van der Waals surface area contributed by atoms with Gasteiger partial charge in [0, 0.05) is 52.9 Å². The molecule has 0 aromatic carbocycles. The second-order valence-electron chi connectivity index (χ2n) is 4.88. The first-order chi connectivity index (χ1) is 10.3. The lowest BCUT2D eigenvalue weighted by molar-refractivity contribution is 0.00392.